The van der Waals surface area contributed by atoms with Crippen LogP contribution in [0.3, 0.4) is 0 Å². The quantitative estimate of drug-likeness (QED) is 0.193. The van der Waals surface area contributed by atoms with E-state index in [1.807, 2.05) is 31.2 Å². The van der Waals surface area contributed by atoms with Gasteiger partial charge in [-0.3, -0.25) is 19.2 Å². The third-order valence-corrected chi connectivity index (χ3v) is 8.46. The number of aryl methyl sites for hydroxylation is 2. The molecule has 4 nitrogen and oxygen atoms in total. The summed E-state index contributed by atoms with van der Waals surface area (Å²) < 4.78 is 0. The molecule has 1 aliphatic carbocycles. The molecule has 0 spiro atoms. The molecule has 0 fully saturated rings. The highest BCUT2D eigenvalue weighted by atomic mass is 16.1. The Morgan fingerprint density at radius 3 is 1.95 bits per heavy atom. The van der Waals surface area contributed by atoms with Crippen molar-refractivity contribution in [3.05, 3.63) is 69.3 Å². The van der Waals surface area contributed by atoms with E-state index >= 15 is 0 Å². The summed E-state index contributed by atoms with van der Waals surface area (Å²) in [7, 11) is 0. The lowest BCUT2D eigenvalue weighted by atomic mass is 9.70. The van der Waals surface area contributed by atoms with Crippen molar-refractivity contribution >= 4 is 23.1 Å². The van der Waals surface area contributed by atoms with Crippen LogP contribution in [0.25, 0.3) is 0 Å². The van der Waals surface area contributed by atoms with E-state index in [4.69, 9.17) is 0 Å². The minimum atomic E-state index is -0.0744. The highest BCUT2D eigenvalue weighted by Crippen LogP contribution is 2.39. The van der Waals surface area contributed by atoms with Gasteiger partial charge in [0.15, 0.2) is 11.6 Å². The molecular formula is C39H58O4. The highest BCUT2D eigenvalue weighted by molar-refractivity contribution is 6.01. The van der Waals surface area contributed by atoms with E-state index in [0.29, 0.717) is 12.3 Å². The number of ketones is 4. The van der Waals surface area contributed by atoms with Gasteiger partial charge in [-0.05, 0) is 93.9 Å². The Balaban J connectivity index is 0.000000589. The molecule has 0 saturated heterocycles. The first-order valence-electron chi connectivity index (χ1n) is 16.5. The van der Waals surface area contributed by atoms with Crippen LogP contribution in [0, 0.1) is 38.5 Å². The number of fused-ring (bicyclic) bond motifs is 1. The molecular weight excluding hydrogens is 532 g/mol. The van der Waals surface area contributed by atoms with Crippen LogP contribution in [0.15, 0.2) is 30.3 Å². The lowest BCUT2D eigenvalue weighted by Crippen LogP contribution is -2.30. The van der Waals surface area contributed by atoms with E-state index in [1.54, 1.807) is 6.92 Å². The van der Waals surface area contributed by atoms with E-state index < -0.39 is 0 Å². The predicted octanol–water partition coefficient (Wildman–Crippen LogP) is 10.2. The van der Waals surface area contributed by atoms with Crippen molar-refractivity contribution < 1.29 is 19.2 Å². The van der Waals surface area contributed by atoms with Crippen LogP contribution in [0.5, 0.6) is 0 Å². The second kappa shape index (κ2) is 18.7. The maximum atomic E-state index is 13.2. The molecule has 0 saturated carbocycles. The molecule has 3 rings (SSSR count). The summed E-state index contributed by atoms with van der Waals surface area (Å²) in [5.41, 5.74) is 7.81. The molecule has 43 heavy (non-hydrogen) atoms. The average molecular weight is 591 g/mol. The van der Waals surface area contributed by atoms with Gasteiger partial charge >= 0.3 is 0 Å². The normalized spacial score (nSPS) is 15.3. The Hall–Kier alpha value is -2.88. The topological polar surface area (TPSA) is 68.3 Å². The second-order valence-electron chi connectivity index (χ2n) is 12.9. The van der Waals surface area contributed by atoms with Gasteiger partial charge in [-0.15, -0.1) is 0 Å². The van der Waals surface area contributed by atoms with E-state index in [1.165, 1.54) is 35.6 Å². The fourth-order valence-corrected chi connectivity index (χ4v) is 6.27. The lowest BCUT2D eigenvalue weighted by Gasteiger charge is -2.33. The van der Waals surface area contributed by atoms with Crippen molar-refractivity contribution in [3.63, 3.8) is 0 Å². The largest absolute Gasteiger partial charge is 0.300 e. The van der Waals surface area contributed by atoms with Gasteiger partial charge in [-0.1, -0.05) is 96.7 Å². The fraction of sp³-hybridized carbons (Fsp3) is 0.590. The smallest absolute Gasteiger partial charge is 0.163 e. The molecule has 3 unspecified atom stereocenters. The van der Waals surface area contributed by atoms with Crippen molar-refractivity contribution in [2.75, 3.05) is 0 Å². The summed E-state index contributed by atoms with van der Waals surface area (Å²) in [6.45, 7) is 22.1. The fourth-order valence-electron chi connectivity index (χ4n) is 6.27. The summed E-state index contributed by atoms with van der Waals surface area (Å²) in [6.07, 6.45) is 6.45. The molecule has 0 radical (unpaired) electrons. The molecule has 2 aromatic carbocycles. The maximum Gasteiger partial charge on any atom is 0.163 e. The van der Waals surface area contributed by atoms with Crippen LogP contribution in [-0.4, -0.2) is 23.1 Å². The Bertz CT molecular complexity index is 1220. The Morgan fingerprint density at radius 1 is 0.907 bits per heavy atom. The summed E-state index contributed by atoms with van der Waals surface area (Å²) in [6, 6.07) is 9.84. The number of Topliss-reactive ketones (excluding diaryl/α,β-unsaturated/α-hetero) is 4. The van der Waals surface area contributed by atoms with Gasteiger partial charge in [-0.25, -0.2) is 0 Å². The molecule has 4 heteroatoms. The van der Waals surface area contributed by atoms with Crippen LogP contribution >= 0.6 is 0 Å². The Kier molecular flexibility index (Phi) is 16.6. The van der Waals surface area contributed by atoms with Gasteiger partial charge in [0.05, 0.1) is 6.42 Å². The zero-order valence-electron chi connectivity index (χ0n) is 29.0. The molecule has 0 aliphatic heterocycles. The molecule has 238 valence electrons. The predicted molar refractivity (Wildman–Crippen MR) is 180 cm³/mol. The molecule has 3 atom stereocenters. The first-order valence-corrected chi connectivity index (χ1v) is 16.5. The van der Waals surface area contributed by atoms with Crippen molar-refractivity contribution in [1.82, 2.24) is 0 Å². The number of carbonyl (C=O) groups is 4. The first-order chi connectivity index (χ1) is 20.2. The van der Waals surface area contributed by atoms with E-state index in [9.17, 15) is 19.2 Å². The number of carbonyl (C=O) groups excluding carboxylic acids is 4. The summed E-state index contributed by atoms with van der Waals surface area (Å²) in [5, 5.41) is 0. The minimum absolute atomic E-state index is 0.0428. The third kappa shape index (κ3) is 11.6. The van der Waals surface area contributed by atoms with Crippen LogP contribution in [-0.2, 0) is 16.0 Å². The second-order valence-corrected chi connectivity index (χ2v) is 12.9. The lowest BCUT2D eigenvalue weighted by molar-refractivity contribution is -0.129. The summed E-state index contributed by atoms with van der Waals surface area (Å²) >= 11 is 0. The van der Waals surface area contributed by atoms with E-state index in [-0.39, 0.29) is 47.3 Å². The molecule has 0 heterocycles. The van der Waals surface area contributed by atoms with Gasteiger partial charge in [0, 0.05) is 23.5 Å². The number of rotatable bonds is 11. The van der Waals surface area contributed by atoms with Crippen molar-refractivity contribution in [2.24, 2.45) is 17.8 Å². The summed E-state index contributed by atoms with van der Waals surface area (Å²) in [5.74, 6) is 1.26. The van der Waals surface area contributed by atoms with E-state index in [2.05, 4.69) is 61.5 Å². The third-order valence-electron chi connectivity index (χ3n) is 8.46. The zero-order chi connectivity index (χ0) is 32.9. The number of hydrogen-bond donors (Lipinski definition) is 0. The molecule has 0 aromatic heterocycles. The zero-order valence-corrected chi connectivity index (χ0v) is 29.0. The van der Waals surface area contributed by atoms with Crippen LogP contribution in [0.4, 0.5) is 0 Å². The van der Waals surface area contributed by atoms with Gasteiger partial charge in [-0.2, -0.15) is 0 Å². The van der Waals surface area contributed by atoms with Crippen molar-refractivity contribution in [2.45, 2.75) is 133 Å². The van der Waals surface area contributed by atoms with Crippen LogP contribution in [0.1, 0.15) is 155 Å². The maximum absolute atomic E-state index is 13.2. The van der Waals surface area contributed by atoms with Crippen molar-refractivity contribution in [3.8, 4) is 0 Å². The standard InChI is InChI=1S/C27H40O3.C9H10O.C3H8/c1-8-10-21(22(9-2)25(29)12-18(6)28)13-20-14-24-23(16(3)4)11-17(5)19(7)27(24)26(30)15-20;1-7-3-5-9(6-4-7)8(2)10;1-3-2/h11,16,20-22H,8-10,12-15H2,1-7H3;3-6H,1-2H3;3H2,1-2H3. The monoisotopic (exact) mass is 590 g/mol. The van der Waals surface area contributed by atoms with E-state index in [0.717, 1.165) is 48.8 Å². The number of hydrogen-bond acceptors (Lipinski definition) is 4. The SMILES string of the molecule is CC(=O)c1ccc(C)cc1.CCC.CCCC(CC1CC(=O)c2c(C)c(C)cc(C(C)C)c2C1)C(CC)C(=O)CC(C)=O. The average Bonchev–Trinajstić information content (AvgIpc) is 2.91. The first kappa shape index (κ1) is 38.1. The van der Waals surface area contributed by atoms with Crippen LogP contribution < -0.4 is 0 Å². The molecule has 2 aromatic rings. The van der Waals surface area contributed by atoms with Gasteiger partial charge in [0.2, 0.25) is 0 Å². The van der Waals surface area contributed by atoms with Crippen LogP contribution in [0.2, 0.25) is 0 Å². The molecule has 0 bridgehead atoms. The van der Waals surface area contributed by atoms with Gasteiger partial charge < -0.3 is 0 Å². The minimum Gasteiger partial charge on any atom is -0.300 e. The highest BCUT2D eigenvalue weighted by Gasteiger charge is 2.34. The Morgan fingerprint density at radius 2 is 1.49 bits per heavy atom. The summed E-state index contributed by atoms with van der Waals surface area (Å²) in [4.78, 5) is 48.2. The molecule has 0 N–H and O–H groups in total. The molecule has 1 aliphatic rings. The number of benzene rings is 2. The van der Waals surface area contributed by atoms with Gasteiger partial charge in [0.1, 0.15) is 11.6 Å². The Labute approximate surface area is 262 Å². The molecule has 0 amide bonds. The van der Waals surface area contributed by atoms with Gasteiger partial charge in [0.25, 0.3) is 0 Å². The van der Waals surface area contributed by atoms with Crippen molar-refractivity contribution in [1.29, 1.82) is 0 Å².